The first-order valence-electron chi connectivity index (χ1n) is 7.83. The van der Waals surface area contributed by atoms with Crippen LogP contribution in [0.2, 0.25) is 0 Å². The number of methoxy groups -OCH3 is 1. The highest BCUT2D eigenvalue weighted by Gasteiger charge is 2.24. The van der Waals surface area contributed by atoms with Crippen LogP contribution in [0.15, 0.2) is 24.4 Å². The van der Waals surface area contributed by atoms with Gasteiger partial charge in [-0.1, -0.05) is 19.3 Å². The summed E-state index contributed by atoms with van der Waals surface area (Å²) in [5, 5.41) is 0. The molecule has 5 heteroatoms. The topological polar surface area (TPSA) is 63.9 Å². The molecule has 1 aromatic heterocycles. The summed E-state index contributed by atoms with van der Waals surface area (Å²) < 4.78 is 18.7. The average Bonchev–Trinajstić information content (AvgIpc) is 3.05. The second kappa shape index (κ2) is 6.48. The first-order chi connectivity index (χ1) is 10.7. The van der Waals surface area contributed by atoms with Crippen LogP contribution in [0.4, 0.5) is 4.39 Å². The van der Waals surface area contributed by atoms with Gasteiger partial charge in [-0.2, -0.15) is 0 Å². The number of rotatable bonds is 4. The van der Waals surface area contributed by atoms with Crippen LogP contribution in [-0.2, 0) is 0 Å². The van der Waals surface area contributed by atoms with E-state index in [0.29, 0.717) is 5.92 Å². The first kappa shape index (κ1) is 15.0. The summed E-state index contributed by atoms with van der Waals surface area (Å²) in [5.74, 6) is 1.13. The molecule has 118 valence electrons. The number of halogens is 1. The fourth-order valence-electron chi connectivity index (χ4n) is 3.20. The number of nitrogens with zero attached hydrogens (tertiary/aromatic N) is 1. The minimum Gasteiger partial charge on any atom is -0.494 e. The van der Waals surface area contributed by atoms with Gasteiger partial charge in [0.1, 0.15) is 5.82 Å². The van der Waals surface area contributed by atoms with Crippen molar-refractivity contribution in [2.45, 2.75) is 38.1 Å². The molecule has 1 saturated carbocycles. The van der Waals surface area contributed by atoms with E-state index < -0.39 is 0 Å². The van der Waals surface area contributed by atoms with Crippen LogP contribution in [0, 0.1) is 11.7 Å². The molecule has 2 aromatic rings. The van der Waals surface area contributed by atoms with Gasteiger partial charge in [-0.3, -0.25) is 0 Å². The Morgan fingerprint density at radius 2 is 2.09 bits per heavy atom. The highest BCUT2D eigenvalue weighted by atomic mass is 19.1. The summed E-state index contributed by atoms with van der Waals surface area (Å²) in [6.07, 6.45) is 7.84. The molecule has 0 aliphatic heterocycles. The summed E-state index contributed by atoms with van der Waals surface area (Å²) >= 11 is 0. The number of nitrogens with one attached hydrogen (secondary N) is 1. The molecule has 3 rings (SSSR count). The fraction of sp³-hybridized carbons (Fsp3) is 0.471. The standard InChI is InChI=1S/C17H22FN3O/c1-22-15-8-7-12(9-13(15)18)14-10-20-17(21-14)16(19)11-5-3-2-4-6-11/h7-11,16H,2-6,19H2,1H3,(H,20,21). The average molecular weight is 303 g/mol. The lowest BCUT2D eigenvalue weighted by Crippen LogP contribution is -2.24. The van der Waals surface area contributed by atoms with Crippen LogP contribution >= 0.6 is 0 Å². The minimum absolute atomic E-state index is 0.0721. The van der Waals surface area contributed by atoms with Gasteiger partial charge in [0.2, 0.25) is 0 Å². The lowest BCUT2D eigenvalue weighted by atomic mass is 9.84. The molecule has 22 heavy (non-hydrogen) atoms. The fourth-order valence-corrected chi connectivity index (χ4v) is 3.20. The maximum atomic E-state index is 13.8. The van der Waals surface area contributed by atoms with E-state index in [1.54, 1.807) is 12.3 Å². The summed E-state index contributed by atoms with van der Waals surface area (Å²) in [4.78, 5) is 7.65. The normalized spacial score (nSPS) is 17.4. The van der Waals surface area contributed by atoms with Crippen LogP contribution in [-0.4, -0.2) is 17.1 Å². The van der Waals surface area contributed by atoms with E-state index >= 15 is 0 Å². The molecule has 1 fully saturated rings. The lowest BCUT2D eigenvalue weighted by molar-refractivity contribution is 0.302. The number of aromatic amines is 1. The monoisotopic (exact) mass is 303 g/mol. The molecule has 1 aromatic carbocycles. The van der Waals surface area contributed by atoms with Crippen molar-refractivity contribution >= 4 is 0 Å². The number of hydrogen-bond donors (Lipinski definition) is 2. The SMILES string of the molecule is COc1ccc(-c2cnc(C(N)C3CCCCC3)[nH]2)cc1F. The molecule has 1 unspecified atom stereocenters. The zero-order valence-corrected chi connectivity index (χ0v) is 12.8. The van der Waals surface area contributed by atoms with Crippen LogP contribution in [0.1, 0.15) is 44.0 Å². The van der Waals surface area contributed by atoms with Gasteiger partial charge in [-0.15, -0.1) is 0 Å². The summed E-state index contributed by atoms with van der Waals surface area (Å²) in [5.41, 5.74) is 7.87. The highest BCUT2D eigenvalue weighted by molar-refractivity contribution is 5.60. The second-order valence-electron chi connectivity index (χ2n) is 5.96. The summed E-state index contributed by atoms with van der Waals surface area (Å²) in [6, 6.07) is 4.80. The minimum atomic E-state index is -0.382. The van der Waals surface area contributed by atoms with Crippen molar-refractivity contribution in [2.24, 2.45) is 11.7 Å². The predicted molar refractivity (Wildman–Crippen MR) is 84.0 cm³/mol. The molecule has 0 radical (unpaired) electrons. The van der Waals surface area contributed by atoms with E-state index in [4.69, 9.17) is 10.5 Å². The van der Waals surface area contributed by atoms with Crippen LogP contribution in [0.25, 0.3) is 11.3 Å². The number of aromatic nitrogens is 2. The van der Waals surface area contributed by atoms with Crippen molar-refractivity contribution in [3.05, 3.63) is 36.0 Å². The number of ether oxygens (including phenoxy) is 1. The zero-order chi connectivity index (χ0) is 15.5. The third-order valence-corrected chi connectivity index (χ3v) is 4.53. The van der Waals surface area contributed by atoms with Gasteiger partial charge >= 0.3 is 0 Å². The third kappa shape index (κ3) is 2.99. The number of benzene rings is 1. The highest BCUT2D eigenvalue weighted by Crippen LogP contribution is 2.33. The molecule has 4 nitrogen and oxygen atoms in total. The lowest BCUT2D eigenvalue weighted by Gasteiger charge is -2.26. The Labute approximate surface area is 129 Å². The van der Waals surface area contributed by atoms with E-state index in [2.05, 4.69) is 9.97 Å². The van der Waals surface area contributed by atoms with Crippen LogP contribution in [0.5, 0.6) is 5.75 Å². The van der Waals surface area contributed by atoms with E-state index in [1.165, 1.54) is 32.4 Å². The molecule has 1 aliphatic carbocycles. The van der Waals surface area contributed by atoms with Crippen molar-refractivity contribution in [3.63, 3.8) is 0 Å². The molecule has 0 saturated heterocycles. The predicted octanol–water partition coefficient (Wildman–Crippen LogP) is 3.80. The van der Waals surface area contributed by atoms with Gasteiger partial charge in [0.25, 0.3) is 0 Å². The Bertz CT molecular complexity index is 635. The first-order valence-corrected chi connectivity index (χ1v) is 7.83. The summed E-state index contributed by atoms with van der Waals surface area (Å²) in [6.45, 7) is 0. The van der Waals surface area contributed by atoms with Crippen molar-refractivity contribution in [2.75, 3.05) is 7.11 Å². The van der Waals surface area contributed by atoms with Crippen molar-refractivity contribution in [3.8, 4) is 17.0 Å². The molecule has 1 heterocycles. The largest absolute Gasteiger partial charge is 0.494 e. The third-order valence-electron chi connectivity index (χ3n) is 4.53. The smallest absolute Gasteiger partial charge is 0.165 e. The van der Waals surface area contributed by atoms with Gasteiger partial charge < -0.3 is 15.5 Å². The number of nitrogens with two attached hydrogens (primary N) is 1. The van der Waals surface area contributed by atoms with Gasteiger partial charge in [-0.05, 0) is 37.0 Å². The van der Waals surface area contributed by atoms with Crippen molar-refractivity contribution in [1.82, 2.24) is 9.97 Å². The Hall–Kier alpha value is -1.88. The molecular weight excluding hydrogens is 281 g/mol. The molecule has 0 amide bonds. The van der Waals surface area contributed by atoms with Gasteiger partial charge in [0.15, 0.2) is 11.6 Å². The van der Waals surface area contributed by atoms with Gasteiger partial charge in [-0.25, -0.2) is 9.37 Å². The number of H-pyrrole nitrogens is 1. The molecule has 0 bridgehead atoms. The molecule has 3 N–H and O–H groups in total. The molecule has 1 aliphatic rings. The van der Waals surface area contributed by atoms with Gasteiger partial charge in [0.05, 0.1) is 25.0 Å². The Kier molecular flexibility index (Phi) is 4.43. The van der Waals surface area contributed by atoms with Crippen molar-refractivity contribution < 1.29 is 9.13 Å². The zero-order valence-electron chi connectivity index (χ0n) is 12.8. The van der Waals surface area contributed by atoms with Crippen LogP contribution in [0.3, 0.4) is 0 Å². The van der Waals surface area contributed by atoms with E-state index in [9.17, 15) is 4.39 Å². The van der Waals surface area contributed by atoms with E-state index in [0.717, 1.165) is 29.9 Å². The Balaban J connectivity index is 1.79. The quantitative estimate of drug-likeness (QED) is 0.903. The maximum absolute atomic E-state index is 13.8. The maximum Gasteiger partial charge on any atom is 0.165 e. The summed E-state index contributed by atoms with van der Waals surface area (Å²) in [7, 11) is 1.45. The van der Waals surface area contributed by atoms with Crippen molar-refractivity contribution in [1.29, 1.82) is 0 Å². The van der Waals surface area contributed by atoms with Gasteiger partial charge in [0, 0.05) is 5.56 Å². The molecule has 0 spiro atoms. The Morgan fingerprint density at radius 3 is 2.77 bits per heavy atom. The molecule has 1 atom stereocenters. The van der Waals surface area contributed by atoms with E-state index in [-0.39, 0.29) is 17.6 Å². The number of hydrogen-bond acceptors (Lipinski definition) is 3. The number of imidazole rings is 1. The van der Waals surface area contributed by atoms with Crippen LogP contribution < -0.4 is 10.5 Å². The molecular formula is C17H22FN3O. The second-order valence-corrected chi connectivity index (χ2v) is 5.96. The van der Waals surface area contributed by atoms with E-state index in [1.807, 2.05) is 6.07 Å². The Morgan fingerprint density at radius 1 is 1.32 bits per heavy atom.